The number of carbonyl (C=O) groups is 1. The lowest BCUT2D eigenvalue weighted by Gasteiger charge is -2.10. The summed E-state index contributed by atoms with van der Waals surface area (Å²) in [6.07, 6.45) is 1.58. The maximum atomic E-state index is 12.2. The zero-order valence-electron chi connectivity index (χ0n) is 11.6. The van der Waals surface area contributed by atoms with Crippen LogP contribution in [0.5, 0.6) is 0 Å². The van der Waals surface area contributed by atoms with Crippen LogP contribution < -0.4 is 10.6 Å². The summed E-state index contributed by atoms with van der Waals surface area (Å²) in [6, 6.07) is 7.59. The number of nitro benzene ring substituents is 1. The number of rotatable bonds is 4. The van der Waals surface area contributed by atoms with E-state index in [2.05, 4.69) is 15.6 Å². The lowest BCUT2D eigenvalue weighted by molar-refractivity contribution is -0.384. The molecule has 0 aliphatic carbocycles. The van der Waals surface area contributed by atoms with Crippen molar-refractivity contribution in [1.29, 1.82) is 0 Å². The Morgan fingerprint density at radius 3 is 2.71 bits per heavy atom. The van der Waals surface area contributed by atoms with E-state index in [4.69, 9.17) is 0 Å². The van der Waals surface area contributed by atoms with Crippen molar-refractivity contribution in [1.82, 2.24) is 4.98 Å². The number of nitro groups is 1. The van der Waals surface area contributed by atoms with E-state index in [1.54, 1.807) is 32.3 Å². The summed E-state index contributed by atoms with van der Waals surface area (Å²) in [6.45, 7) is 1.70. The molecule has 0 aliphatic heterocycles. The van der Waals surface area contributed by atoms with Gasteiger partial charge in [0.25, 0.3) is 11.6 Å². The van der Waals surface area contributed by atoms with Crippen molar-refractivity contribution in [3.8, 4) is 0 Å². The quantitative estimate of drug-likeness (QED) is 0.665. The molecule has 0 radical (unpaired) electrons. The summed E-state index contributed by atoms with van der Waals surface area (Å²) in [7, 11) is 1.68. The van der Waals surface area contributed by atoms with Gasteiger partial charge in [-0.3, -0.25) is 14.9 Å². The number of hydrogen-bond donors (Lipinski definition) is 2. The zero-order valence-corrected chi connectivity index (χ0v) is 11.6. The number of nitrogens with one attached hydrogen (secondary N) is 2. The third-order valence-corrected chi connectivity index (χ3v) is 2.96. The molecule has 0 atom stereocenters. The van der Waals surface area contributed by atoms with E-state index < -0.39 is 4.92 Å². The molecule has 2 rings (SSSR count). The third-order valence-electron chi connectivity index (χ3n) is 2.96. The highest BCUT2D eigenvalue weighted by Crippen LogP contribution is 2.22. The maximum Gasteiger partial charge on any atom is 0.269 e. The second-order valence-electron chi connectivity index (χ2n) is 4.36. The second kappa shape index (κ2) is 6.00. The van der Waals surface area contributed by atoms with Gasteiger partial charge < -0.3 is 10.6 Å². The maximum absolute atomic E-state index is 12.2. The lowest BCUT2D eigenvalue weighted by atomic mass is 10.1. The molecule has 1 amide bonds. The van der Waals surface area contributed by atoms with E-state index >= 15 is 0 Å². The molecule has 21 heavy (non-hydrogen) atoms. The Bertz CT molecular complexity index is 700. The highest BCUT2D eigenvalue weighted by Gasteiger charge is 2.14. The molecular weight excluding hydrogens is 272 g/mol. The van der Waals surface area contributed by atoms with Gasteiger partial charge in [-0.1, -0.05) is 0 Å². The normalized spacial score (nSPS) is 10.0. The first-order valence-electron chi connectivity index (χ1n) is 6.22. The molecular formula is C14H14N4O3. The number of benzene rings is 1. The first-order chi connectivity index (χ1) is 10.0. The summed E-state index contributed by atoms with van der Waals surface area (Å²) < 4.78 is 0. The van der Waals surface area contributed by atoms with Crippen LogP contribution in [0.4, 0.5) is 17.2 Å². The minimum atomic E-state index is -0.473. The molecule has 0 bridgehead atoms. The van der Waals surface area contributed by atoms with E-state index in [0.29, 0.717) is 22.6 Å². The topological polar surface area (TPSA) is 97.2 Å². The Kier molecular flexibility index (Phi) is 4.13. The minimum absolute atomic E-state index is 0.0113. The molecule has 0 saturated heterocycles. The van der Waals surface area contributed by atoms with Gasteiger partial charge in [0, 0.05) is 31.1 Å². The smallest absolute Gasteiger partial charge is 0.269 e. The fourth-order valence-electron chi connectivity index (χ4n) is 1.88. The number of aromatic nitrogens is 1. The van der Waals surface area contributed by atoms with E-state index in [-0.39, 0.29) is 11.6 Å². The van der Waals surface area contributed by atoms with E-state index in [1.807, 2.05) is 0 Å². The SMILES string of the molecule is CNc1ncccc1C(=O)Nc1ccc([N+](=O)[O-])cc1C. The highest BCUT2D eigenvalue weighted by molar-refractivity contribution is 6.07. The van der Waals surface area contributed by atoms with Crippen molar-refractivity contribution >= 4 is 23.1 Å². The number of hydrogen-bond acceptors (Lipinski definition) is 5. The van der Waals surface area contributed by atoms with Crippen LogP contribution in [-0.4, -0.2) is 22.9 Å². The van der Waals surface area contributed by atoms with Crippen molar-refractivity contribution in [2.24, 2.45) is 0 Å². The third kappa shape index (κ3) is 3.14. The van der Waals surface area contributed by atoms with Crippen molar-refractivity contribution in [2.75, 3.05) is 17.7 Å². The fourth-order valence-corrected chi connectivity index (χ4v) is 1.88. The molecule has 0 fully saturated rings. The van der Waals surface area contributed by atoms with Crippen molar-refractivity contribution in [3.05, 3.63) is 57.8 Å². The first kappa shape index (κ1) is 14.4. The number of non-ortho nitro benzene ring substituents is 1. The van der Waals surface area contributed by atoms with Gasteiger partial charge in [0.05, 0.1) is 10.5 Å². The average Bonchev–Trinajstić information content (AvgIpc) is 2.48. The molecule has 108 valence electrons. The summed E-state index contributed by atoms with van der Waals surface area (Å²) in [5.74, 6) is 0.138. The first-order valence-corrected chi connectivity index (χ1v) is 6.22. The van der Waals surface area contributed by atoms with Gasteiger partial charge in [-0.15, -0.1) is 0 Å². The van der Waals surface area contributed by atoms with Crippen LogP contribution in [0.15, 0.2) is 36.5 Å². The van der Waals surface area contributed by atoms with Gasteiger partial charge in [0.2, 0.25) is 0 Å². The fraction of sp³-hybridized carbons (Fsp3) is 0.143. The molecule has 7 nitrogen and oxygen atoms in total. The standard InChI is InChI=1S/C14H14N4O3/c1-9-8-10(18(20)21)5-6-12(9)17-14(19)11-4-3-7-16-13(11)15-2/h3-8H,1-2H3,(H,15,16)(H,17,19). The molecule has 1 heterocycles. The number of pyridine rings is 1. The van der Waals surface area contributed by atoms with Crippen LogP contribution >= 0.6 is 0 Å². The van der Waals surface area contributed by atoms with E-state index in [0.717, 1.165) is 0 Å². The predicted molar refractivity (Wildman–Crippen MR) is 79.6 cm³/mol. The summed E-state index contributed by atoms with van der Waals surface area (Å²) in [5, 5.41) is 16.3. The van der Waals surface area contributed by atoms with Gasteiger partial charge in [-0.25, -0.2) is 4.98 Å². The number of nitrogens with zero attached hydrogens (tertiary/aromatic N) is 2. The molecule has 2 N–H and O–H groups in total. The van der Waals surface area contributed by atoms with Gasteiger partial charge in [0.1, 0.15) is 5.82 Å². The van der Waals surface area contributed by atoms with Crippen LogP contribution in [0.3, 0.4) is 0 Å². The Morgan fingerprint density at radius 2 is 2.10 bits per heavy atom. The lowest BCUT2D eigenvalue weighted by Crippen LogP contribution is -2.15. The van der Waals surface area contributed by atoms with Crippen molar-refractivity contribution in [3.63, 3.8) is 0 Å². The molecule has 1 aromatic carbocycles. The highest BCUT2D eigenvalue weighted by atomic mass is 16.6. The predicted octanol–water partition coefficient (Wildman–Crippen LogP) is 2.59. The van der Waals surface area contributed by atoms with Gasteiger partial charge in [-0.2, -0.15) is 0 Å². The Hall–Kier alpha value is -2.96. The van der Waals surface area contributed by atoms with E-state index in [1.165, 1.54) is 18.2 Å². The number of anilines is 2. The van der Waals surface area contributed by atoms with Crippen LogP contribution in [0.1, 0.15) is 15.9 Å². The Balaban J connectivity index is 2.26. The minimum Gasteiger partial charge on any atom is -0.372 e. The monoisotopic (exact) mass is 286 g/mol. The molecule has 0 saturated carbocycles. The molecule has 2 aromatic rings. The Labute approximate surface area is 121 Å². The van der Waals surface area contributed by atoms with Crippen LogP contribution in [0.2, 0.25) is 0 Å². The largest absolute Gasteiger partial charge is 0.372 e. The summed E-state index contributed by atoms with van der Waals surface area (Å²) >= 11 is 0. The molecule has 7 heteroatoms. The van der Waals surface area contributed by atoms with Crippen LogP contribution in [0, 0.1) is 17.0 Å². The molecule has 0 aliphatic rings. The summed E-state index contributed by atoms with van der Waals surface area (Å²) in [5.41, 5.74) is 1.53. The second-order valence-corrected chi connectivity index (χ2v) is 4.36. The van der Waals surface area contributed by atoms with Crippen LogP contribution in [-0.2, 0) is 0 Å². The number of amides is 1. The average molecular weight is 286 g/mol. The van der Waals surface area contributed by atoms with E-state index in [9.17, 15) is 14.9 Å². The Morgan fingerprint density at radius 1 is 1.33 bits per heavy atom. The molecule has 0 spiro atoms. The number of carbonyl (C=O) groups excluding carboxylic acids is 1. The zero-order chi connectivity index (χ0) is 15.4. The van der Waals surface area contributed by atoms with Crippen molar-refractivity contribution < 1.29 is 9.72 Å². The molecule has 0 unspecified atom stereocenters. The van der Waals surface area contributed by atoms with Crippen molar-refractivity contribution in [2.45, 2.75) is 6.92 Å². The number of aryl methyl sites for hydroxylation is 1. The van der Waals surface area contributed by atoms with Crippen LogP contribution in [0.25, 0.3) is 0 Å². The van der Waals surface area contributed by atoms with Gasteiger partial charge >= 0.3 is 0 Å². The van der Waals surface area contributed by atoms with Gasteiger partial charge in [-0.05, 0) is 30.7 Å². The van der Waals surface area contributed by atoms with Gasteiger partial charge in [0.15, 0.2) is 0 Å². The summed E-state index contributed by atoms with van der Waals surface area (Å²) in [4.78, 5) is 26.5. The molecule has 1 aromatic heterocycles.